The van der Waals surface area contributed by atoms with E-state index in [1.807, 2.05) is 0 Å². The monoisotopic (exact) mass is 412 g/mol. The van der Waals surface area contributed by atoms with Gasteiger partial charge in [-0.15, -0.1) is 0 Å². The van der Waals surface area contributed by atoms with E-state index in [2.05, 4.69) is 0 Å². The fourth-order valence-corrected chi connectivity index (χ4v) is 3.18. The molecule has 0 aliphatic carbocycles. The Bertz CT molecular complexity index is 834. The molecule has 2 rings (SSSR count). The van der Waals surface area contributed by atoms with Crippen LogP contribution in [-0.4, -0.2) is 34.7 Å². The second kappa shape index (κ2) is 8.69. The van der Waals surface area contributed by atoms with Crippen molar-refractivity contribution in [1.82, 2.24) is 0 Å². The third-order valence-corrected chi connectivity index (χ3v) is 5.36. The van der Waals surface area contributed by atoms with Crippen LogP contribution in [0.4, 0.5) is 0 Å². The molecule has 0 saturated carbocycles. The number of carbonyl (C=O) groups excluding carboxylic acids is 3. The van der Waals surface area contributed by atoms with E-state index in [-0.39, 0.29) is 0 Å². The molecule has 6 nitrogen and oxygen atoms in total. The van der Waals surface area contributed by atoms with Crippen molar-refractivity contribution in [3.63, 3.8) is 0 Å². The number of ether oxygens (including phenoxy) is 3. The predicted molar refractivity (Wildman–Crippen MR) is 112 cm³/mol. The van der Waals surface area contributed by atoms with Gasteiger partial charge in [-0.2, -0.15) is 0 Å². The first-order chi connectivity index (χ1) is 13.9. The number of hydrogen-bond donors (Lipinski definition) is 0. The van der Waals surface area contributed by atoms with Crippen molar-refractivity contribution in [3.05, 3.63) is 71.8 Å². The lowest BCUT2D eigenvalue weighted by Gasteiger charge is -2.50. The summed E-state index contributed by atoms with van der Waals surface area (Å²) < 4.78 is 17.2. The van der Waals surface area contributed by atoms with Crippen LogP contribution in [0.2, 0.25) is 0 Å². The topological polar surface area (TPSA) is 78.9 Å². The van der Waals surface area contributed by atoms with E-state index in [4.69, 9.17) is 14.2 Å². The van der Waals surface area contributed by atoms with Crippen LogP contribution in [0.5, 0.6) is 0 Å². The molecule has 0 radical (unpaired) electrons. The zero-order valence-corrected chi connectivity index (χ0v) is 18.2. The Hall–Kier alpha value is -3.15. The van der Waals surface area contributed by atoms with E-state index in [9.17, 15) is 14.4 Å². The van der Waals surface area contributed by atoms with Crippen LogP contribution in [0, 0.1) is 0 Å². The Morgan fingerprint density at radius 3 is 1.23 bits per heavy atom. The van der Waals surface area contributed by atoms with Gasteiger partial charge in [0.25, 0.3) is 0 Å². The molecule has 2 aromatic carbocycles. The minimum atomic E-state index is -1.50. The second-order valence-electron chi connectivity index (χ2n) is 8.16. The first-order valence-corrected chi connectivity index (χ1v) is 9.66. The average molecular weight is 412 g/mol. The Morgan fingerprint density at radius 2 is 0.933 bits per heavy atom. The molecule has 30 heavy (non-hydrogen) atoms. The molecule has 0 saturated heterocycles. The minimum absolute atomic E-state index is 0.356. The number of benzene rings is 2. The molecule has 0 atom stereocenters. The fraction of sp³-hybridized carbons (Fsp3) is 0.375. The van der Waals surface area contributed by atoms with Gasteiger partial charge < -0.3 is 14.2 Å². The van der Waals surface area contributed by atoms with E-state index in [1.54, 1.807) is 95.3 Å². The summed E-state index contributed by atoms with van der Waals surface area (Å²) in [7, 11) is 0. The van der Waals surface area contributed by atoms with Crippen LogP contribution in [0.1, 0.15) is 62.3 Å². The van der Waals surface area contributed by atoms with Gasteiger partial charge in [-0.05, 0) is 58.9 Å². The van der Waals surface area contributed by atoms with Gasteiger partial charge in [0.1, 0.15) is 0 Å². The molecular weight excluding hydrogens is 384 g/mol. The lowest BCUT2D eigenvalue weighted by Crippen LogP contribution is -2.66. The molecule has 0 heterocycles. The lowest BCUT2D eigenvalue weighted by atomic mass is 9.74. The molecule has 6 heteroatoms. The zero-order valence-electron chi connectivity index (χ0n) is 18.2. The van der Waals surface area contributed by atoms with Gasteiger partial charge in [-0.25, -0.2) is 9.59 Å². The number of rotatable bonds is 7. The van der Waals surface area contributed by atoms with Crippen molar-refractivity contribution in [2.75, 3.05) is 0 Å². The highest BCUT2D eigenvalue weighted by Gasteiger charge is 2.59. The van der Waals surface area contributed by atoms with Crippen LogP contribution < -0.4 is 0 Å². The van der Waals surface area contributed by atoms with E-state index < -0.39 is 34.7 Å². The highest BCUT2D eigenvalue weighted by atomic mass is 16.6. The molecule has 0 spiro atoms. The molecule has 0 fully saturated rings. The van der Waals surface area contributed by atoms with Crippen molar-refractivity contribution in [2.45, 2.75) is 58.3 Å². The van der Waals surface area contributed by atoms with Crippen molar-refractivity contribution in [3.8, 4) is 0 Å². The average Bonchev–Trinajstić information content (AvgIpc) is 2.68. The maximum Gasteiger partial charge on any atom is 0.338 e. The van der Waals surface area contributed by atoms with Crippen molar-refractivity contribution in [1.29, 1.82) is 0 Å². The third kappa shape index (κ3) is 4.87. The molecule has 2 aromatic rings. The van der Waals surface area contributed by atoms with Crippen molar-refractivity contribution < 1.29 is 28.6 Å². The number of esters is 3. The summed E-state index contributed by atoms with van der Waals surface area (Å²) in [6.07, 6.45) is 0. The minimum Gasteiger partial charge on any atom is -0.452 e. The van der Waals surface area contributed by atoms with E-state index in [0.717, 1.165) is 0 Å². The van der Waals surface area contributed by atoms with Crippen molar-refractivity contribution in [2.24, 2.45) is 0 Å². The molecule has 0 aromatic heterocycles. The highest BCUT2D eigenvalue weighted by molar-refractivity contribution is 5.90. The summed E-state index contributed by atoms with van der Waals surface area (Å²) in [6, 6.07) is 17.0. The van der Waals surface area contributed by atoms with Gasteiger partial charge in [0.15, 0.2) is 16.8 Å². The Morgan fingerprint density at radius 1 is 0.600 bits per heavy atom. The Kier molecular flexibility index (Phi) is 6.70. The SMILES string of the molecule is CC(=O)OC(C)(C(C)(C)OC(=O)c1ccccc1)C(C)(C)OC(=O)c1ccccc1. The van der Waals surface area contributed by atoms with Gasteiger partial charge in [0.2, 0.25) is 0 Å². The van der Waals surface area contributed by atoms with Crippen molar-refractivity contribution >= 4 is 17.9 Å². The van der Waals surface area contributed by atoms with Gasteiger partial charge in [-0.3, -0.25) is 4.79 Å². The van der Waals surface area contributed by atoms with Gasteiger partial charge in [0, 0.05) is 6.92 Å². The van der Waals surface area contributed by atoms with Gasteiger partial charge in [-0.1, -0.05) is 36.4 Å². The molecule has 0 aliphatic heterocycles. The summed E-state index contributed by atoms with van der Waals surface area (Å²) in [5.41, 5.74) is -3.47. The van der Waals surface area contributed by atoms with Crippen LogP contribution in [0.15, 0.2) is 60.7 Å². The smallest absolute Gasteiger partial charge is 0.338 e. The molecule has 0 N–H and O–H groups in total. The molecule has 0 unspecified atom stereocenters. The zero-order chi connectivity index (χ0) is 22.6. The standard InChI is InChI=1S/C24H28O6/c1-17(25)28-24(6,22(2,3)29-20(26)18-13-9-7-10-14-18)23(4,5)30-21(27)19-15-11-8-12-16-19/h7-16H,1-6H3. The quantitative estimate of drug-likeness (QED) is 0.489. The summed E-state index contributed by atoms with van der Waals surface area (Å²) in [6.45, 7) is 9.32. The second-order valence-corrected chi connectivity index (χ2v) is 8.16. The van der Waals surface area contributed by atoms with Crippen LogP contribution in [0.3, 0.4) is 0 Å². The first kappa shape index (κ1) is 23.1. The van der Waals surface area contributed by atoms with Gasteiger partial charge >= 0.3 is 17.9 Å². The molecular formula is C24H28O6. The largest absolute Gasteiger partial charge is 0.452 e. The number of hydrogen-bond acceptors (Lipinski definition) is 6. The first-order valence-electron chi connectivity index (χ1n) is 9.66. The Labute approximate surface area is 177 Å². The Balaban J connectivity index is 2.37. The molecule has 0 bridgehead atoms. The third-order valence-electron chi connectivity index (χ3n) is 5.36. The predicted octanol–water partition coefficient (Wildman–Crippen LogP) is 4.58. The molecule has 0 aliphatic rings. The summed E-state index contributed by atoms with van der Waals surface area (Å²) in [4.78, 5) is 37.3. The summed E-state index contributed by atoms with van der Waals surface area (Å²) in [5.74, 6) is -1.75. The van der Waals surface area contributed by atoms with E-state index >= 15 is 0 Å². The molecule has 160 valence electrons. The highest BCUT2D eigenvalue weighted by Crippen LogP contribution is 2.42. The molecule has 0 amide bonds. The lowest BCUT2D eigenvalue weighted by molar-refractivity contribution is -0.233. The van der Waals surface area contributed by atoms with Crippen LogP contribution in [0.25, 0.3) is 0 Å². The maximum absolute atomic E-state index is 12.7. The number of carbonyl (C=O) groups is 3. The van der Waals surface area contributed by atoms with Crippen LogP contribution >= 0.6 is 0 Å². The summed E-state index contributed by atoms with van der Waals surface area (Å²) >= 11 is 0. The maximum atomic E-state index is 12.7. The fourth-order valence-electron chi connectivity index (χ4n) is 3.18. The van der Waals surface area contributed by atoms with E-state index in [0.29, 0.717) is 11.1 Å². The van der Waals surface area contributed by atoms with Gasteiger partial charge in [0.05, 0.1) is 11.1 Å². The van der Waals surface area contributed by atoms with E-state index in [1.165, 1.54) is 6.92 Å². The van der Waals surface area contributed by atoms with Crippen LogP contribution in [-0.2, 0) is 19.0 Å². The normalized spacial score (nSPS) is 12.1. The summed E-state index contributed by atoms with van der Waals surface area (Å²) in [5, 5.41) is 0.